The van der Waals surface area contributed by atoms with Crippen LogP contribution in [0.5, 0.6) is 0 Å². The van der Waals surface area contributed by atoms with Crippen LogP contribution in [0.15, 0.2) is 0 Å². The number of rotatable bonds is 11. The number of hydrogen-bond acceptors (Lipinski definition) is 5. The van der Waals surface area contributed by atoms with Crippen LogP contribution in [0.4, 0.5) is 0 Å². The second-order valence-electron chi connectivity index (χ2n) is 3.93. The minimum absolute atomic E-state index is 0.151. The lowest BCUT2D eigenvalue weighted by atomic mass is 10.2. The molecule has 4 nitrogen and oxygen atoms in total. The van der Waals surface area contributed by atoms with Crippen molar-refractivity contribution in [3.05, 3.63) is 0 Å². The van der Waals surface area contributed by atoms with Crippen LogP contribution in [-0.4, -0.2) is 43.6 Å². The van der Waals surface area contributed by atoms with Crippen LogP contribution in [0.1, 0.15) is 33.6 Å². The first kappa shape index (κ1) is 16.9. The first-order chi connectivity index (χ1) is 8.07. The van der Waals surface area contributed by atoms with Crippen LogP contribution in [0.25, 0.3) is 0 Å². The summed E-state index contributed by atoms with van der Waals surface area (Å²) in [6.45, 7) is 8.33. The molecule has 0 aliphatic rings. The molecule has 1 N–H and O–H groups in total. The summed E-state index contributed by atoms with van der Waals surface area (Å²) < 4.78 is 10.8. The Bertz CT molecular complexity index is 200. The summed E-state index contributed by atoms with van der Waals surface area (Å²) >= 11 is 4.19. The highest BCUT2D eigenvalue weighted by Gasteiger charge is 2.09. The van der Waals surface area contributed by atoms with E-state index in [2.05, 4.69) is 17.9 Å². The smallest absolute Gasteiger partial charge is 0.160 e. The van der Waals surface area contributed by atoms with Gasteiger partial charge in [-0.1, -0.05) is 6.92 Å². The van der Waals surface area contributed by atoms with Crippen LogP contribution >= 0.6 is 12.6 Å². The highest BCUT2D eigenvalue weighted by atomic mass is 32.1. The molecule has 102 valence electrons. The van der Waals surface area contributed by atoms with Gasteiger partial charge in [0.1, 0.15) is 6.10 Å². The predicted molar refractivity (Wildman–Crippen MR) is 72.6 cm³/mol. The van der Waals surface area contributed by atoms with Gasteiger partial charge in [0.15, 0.2) is 5.78 Å². The minimum Gasteiger partial charge on any atom is -0.380 e. The number of Topliss-reactive ketones (excluding diaryl/α,β-unsaturated/α-hetero) is 1. The summed E-state index contributed by atoms with van der Waals surface area (Å²) in [7, 11) is 0. The SMILES string of the molecule is CCC(=O)[C@@H](C)OCCCOCCNC(C)S. The highest BCUT2D eigenvalue weighted by molar-refractivity contribution is 7.80. The van der Waals surface area contributed by atoms with Crippen molar-refractivity contribution in [2.45, 2.75) is 45.1 Å². The second kappa shape index (κ2) is 11.0. The molecule has 0 aromatic heterocycles. The molecule has 5 heteroatoms. The number of ether oxygens (including phenoxy) is 2. The van der Waals surface area contributed by atoms with E-state index in [-0.39, 0.29) is 17.3 Å². The molecule has 0 amide bonds. The van der Waals surface area contributed by atoms with Crippen molar-refractivity contribution in [1.29, 1.82) is 0 Å². The number of hydrogen-bond donors (Lipinski definition) is 2. The first-order valence-corrected chi connectivity index (χ1v) is 6.73. The topological polar surface area (TPSA) is 47.6 Å². The molecule has 17 heavy (non-hydrogen) atoms. The Labute approximate surface area is 110 Å². The van der Waals surface area contributed by atoms with Crippen molar-refractivity contribution >= 4 is 18.4 Å². The number of ketones is 1. The fraction of sp³-hybridized carbons (Fsp3) is 0.917. The minimum atomic E-state index is -0.285. The fourth-order valence-electron chi connectivity index (χ4n) is 1.24. The summed E-state index contributed by atoms with van der Waals surface area (Å²) in [5.41, 5.74) is 0. The maximum Gasteiger partial charge on any atom is 0.160 e. The fourth-order valence-corrected chi connectivity index (χ4v) is 1.37. The van der Waals surface area contributed by atoms with Gasteiger partial charge >= 0.3 is 0 Å². The number of thiol groups is 1. The zero-order chi connectivity index (χ0) is 13.1. The Hall–Kier alpha value is -0.100. The molecule has 0 aliphatic carbocycles. The second-order valence-corrected chi connectivity index (χ2v) is 4.70. The number of carbonyl (C=O) groups is 1. The third-order valence-electron chi connectivity index (χ3n) is 2.29. The van der Waals surface area contributed by atoms with Crippen molar-refractivity contribution in [2.75, 3.05) is 26.4 Å². The monoisotopic (exact) mass is 263 g/mol. The van der Waals surface area contributed by atoms with Gasteiger partial charge < -0.3 is 14.8 Å². The summed E-state index contributed by atoms with van der Waals surface area (Å²) in [6, 6.07) is 0. The summed E-state index contributed by atoms with van der Waals surface area (Å²) in [6.07, 6.45) is 1.06. The maximum absolute atomic E-state index is 11.2. The quantitative estimate of drug-likeness (QED) is 0.338. The molecule has 0 rings (SSSR count). The van der Waals surface area contributed by atoms with E-state index in [1.54, 1.807) is 6.92 Å². The summed E-state index contributed by atoms with van der Waals surface area (Å²) in [4.78, 5) is 11.2. The lowest BCUT2D eigenvalue weighted by Gasteiger charge is -2.11. The van der Waals surface area contributed by atoms with Crippen LogP contribution in [0.3, 0.4) is 0 Å². The Morgan fingerprint density at radius 1 is 1.29 bits per heavy atom. The van der Waals surface area contributed by atoms with Gasteiger partial charge in [0.25, 0.3) is 0 Å². The molecule has 0 radical (unpaired) electrons. The van der Waals surface area contributed by atoms with Gasteiger partial charge in [0, 0.05) is 31.6 Å². The van der Waals surface area contributed by atoms with E-state index in [0.29, 0.717) is 26.2 Å². The number of nitrogens with one attached hydrogen (secondary N) is 1. The third-order valence-corrected chi connectivity index (χ3v) is 2.47. The Morgan fingerprint density at radius 3 is 2.59 bits per heavy atom. The average Bonchev–Trinajstić information content (AvgIpc) is 2.30. The molecule has 0 aliphatic heterocycles. The summed E-state index contributed by atoms with van der Waals surface area (Å²) in [5, 5.41) is 3.34. The molecule has 0 aromatic carbocycles. The molecule has 1 unspecified atom stereocenters. The van der Waals surface area contributed by atoms with Crippen LogP contribution in [0, 0.1) is 0 Å². The van der Waals surface area contributed by atoms with Crippen molar-refractivity contribution in [1.82, 2.24) is 5.32 Å². The van der Waals surface area contributed by atoms with E-state index in [9.17, 15) is 4.79 Å². The molecule has 0 heterocycles. The molecule has 0 saturated carbocycles. The molecule has 0 spiro atoms. The van der Waals surface area contributed by atoms with E-state index in [4.69, 9.17) is 9.47 Å². The van der Waals surface area contributed by atoms with E-state index in [0.717, 1.165) is 13.0 Å². The largest absolute Gasteiger partial charge is 0.380 e. The van der Waals surface area contributed by atoms with E-state index < -0.39 is 0 Å². The van der Waals surface area contributed by atoms with Crippen molar-refractivity contribution in [3.63, 3.8) is 0 Å². The zero-order valence-electron chi connectivity index (χ0n) is 11.1. The molecule has 2 atom stereocenters. The standard InChI is InChI=1S/C12H25NO3S/c1-4-12(14)10(2)16-8-5-7-15-9-6-13-11(3)17/h10-11,13,17H,4-9H2,1-3H3/t10-,11?/m1/s1. The van der Waals surface area contributed by atoms with Gasteiger partial charge in [-0.25, -0.2) is 0 Å². The third kappa shape index (κ3) is 10.8. The Balaban J connectivity index is 3.21. The van der Waals surface area contributed by atoms with E-state index >= 15 is 0 Å². The normalized spacial score (nSPS) is 14.6. The molecular formula is C12H25NO3S. The molecule has 0 fully saturated rings. The Kier molecular flexibility index (Phi) is 11.0. The van der Waals surface area contributed by atoms with Crippen LogP contribution in [-0.2, 0) is 14.3 Å². The van der Waals surface area contributed by atoms with Gasteiger partial charge in [-0.2, -0.15) is 12.6 Å². The number of carbonyl (C=O) groups excluding carboxylic acids is 1. The molecule has 0 bridgehead atoms. The van der Waals surface area contributed by atoms with Crippen molar-refractivity contribution in [2.24, 2.45) is 0 Å². The van der Waals surface area contributed by atoms with E-state index in [1.807, 2.05) is 13.8 Å². The van der Waals surface area contributed by atoms with Crippen LogP contribution in [0.2, 0.25) is 0 Å². The molecular weight excluding hydrogens is 238 g/mol. The van der Waals surface area contributed by atoms with Gasteiger partial charge in [-0.05, 0) is 20.3 Å². The zero-order valence-corrected chi connectivity index (χ0v) is 12.0. The lowest BCUT2D eigenvalue weighted by molar-refractivity contribution is -0.129. The molecule has 0 saturated heterocycles. The van der Waals surface area contributed by atoms with Gasteiger partial charge in [0.2, 0.25) is 0 Å². The maximum atomic E-state index is 11.2. The van der Waals surface area contributed by atoms with Gasteiger partial charge in [-0.3, -0.25) is 4.79 Å². The predicted octanol–water partition coefficient (Wildman–Crippen LogP) is 1.64. The van der Waals surface area contributed by atoms with E-state index in [1.165, 1.54) is 0 Å². The van der Waals surface area contributed by atoms with Crippen LogP contribution < -0.4 is 5.32 Å². The highest BCUT2D eigenvalue weighted by Crippen LogP contribution is 1.97. The van der Waals surface area contributed by atoms with Crippen molar-refractivity contribution in [3.8, 4) is 0 Å². The lowest BCUT2D eigenvalue weighted by Crippen LogP contribution is -2.25. The Morgan fingerprint density at radius 2 is 2.00 bits per heavy atom. The molecule has 0 aromatic rings. The summed E-state index contributed by atoms with van der Waals surface area (Å²) in [5.74, 6) is 0.151. The van der Waals surface area contributed by atoms with Gasteiger partial charge in [-0.15, -0.1) is 0 Å². The van der Waals surface area contributed by atoms with Gasteiger partial charge in [0.05, 0.1) is 6.61 Å². The van der Waals surface area contributed by atoms with Crippen molar-refractivity contribution < 1.29 is 14.3 Å². The average molecular weight is 263 g/mol. The first-order valence-electron chi connectivity index (χ1n) is 6.21.